The van der Waals surface area contributed by atoms with Gasteiger partial charge in [0.2, 0.25) is 0 Å². The molecule has 158 valence electrons. The number of methoxy groups -OCH3 is 1. The lowest BCUT2D eigenvalue weighted by atomic mass is 9.99. The zero-order valence-electron chi connectivity index (χ0n) is 15.4. The first-order valence-corrected chi connectivity index (χ1v) is 7.88. The molecule has 11 heteroatoms. The third-order valence-corrected chi connectivity index (χ3v) is 3.26. The highest BCUT2D eigenvalue weighted by molar-refractivity contribution is 5.81. The Hall–Kier alpha value is -2.46. The Balaban J connectivity index is 3.24. The smallest absolute Gasteiger partial charge is 0.416 e. The Morgan fingerprint density at radius 3 is 1.79 bits per heavy atom. The van der Waals surface area contributed by atoms with Crippen molar-refractivity contribution in [1.29, 1.82) is 0 Å². The van der Waals surface area contributed by atoms with E-state index in [0.717, 1.165) is 7.11 Å². The number of alkyl carbamates (subject to hydrolysis) is 1. The van der Waals surface area contributed by atoms with Crippen LogP contribution in [0.15, 0.2) is 18.2 Å². The molecule has 1 rings (SSSR count). The van der Waals surface area contributed by atoms with E-state index in [1.165, 1.54) is 20.8 Å². The van der Waals surface area contributed by atoms with Crippen LogP contribution in [0.5, 0.6) is 0 Å². The van der Waals surface area contributed by atoms with Crippen LogP contribution < -0.4 is 5.32 Å². The van der Waals surface area contributed by atoms with Crippen molar-refractivity contribution < 1.29 is 45.4 Å². The lowest BCUT2D eigenvalue weighted by Crippen LogP contribution is -2.45. The van der Waals surface area contributed by atoms with Crippen molar-refractivity contribution in [2.75, 3.05) is 7.11 Å². The number of halogens is 6. The van der Waals surface area contributed by atoms with Crippen LogP contribution in [0, 0.1) is 0 Å². The number of carbonyl (C=O) groups is 2. The van der Waals surface area contributed by atoms with Crippen molar-refractivity contribution in [2.24, 2.45) is 0 Å². The number of ether oxygens (including phenoxy) is 2. The second-order valence-electron chi connectivity index (χ2n) is 6.84. The lowest BCUT2D eigenvalue weighted by Gasteiger charge is -2.23. The first-order valence-electron chi connectivity index (χ1n) is 7.88. The van der Waals surface area contributed by atoms with Crippen molar-refractivity contribution in [3.63, 3.8) is 0 Å². The Kier molecular flexibility index (Phi) is 6.97. The largest absolute Gasteiger partial charge is 0.467 e. The molecule has 0 saturated carbocycles. The fraction of sp³-hybridized carbons (Fsp3) is 0.529. The zero-order chi connectivity index (χ0) is 21.9. The fourth-order valence-electron chi connectivity index (χ4n) is 2.16. The summed E-state index contributed by atoms with van der Waals surface area (Å²) in [6.07, 6.45) is -11.8. The molecule has 0 heterocycles. The van der Waals surface area contributed by atoms with Gasteiger partial charge in [-0.3, -0.25) is 0 Å². The maximum absolute atomic E-state index is 12.9. The number of nitrogens with one attached hydrogen (secondary N) is 1. The molecule has 0 unspecified atom stereocenters. The molecular weight excluding hydrogens is 396 g/mol. The van der Waals surface area contributed by atoms with Gasteiger partial charge in [0, 0.05) is 6.42 Å². The standard InChI is InChI=1S/C17H19F6NO4/c1-15(2,3)28-14(26)24-12(13(25)27-4)7-9-5-10(16(18,19)20)8-11(6-9)17(21,22)23/h5-6,8,12H,7H2,1-4H3,(H,24,26)/t12-/m1/s1. The van der Waals surface area contributed by atoms with E-state index in [1.54, 1.807) is 0 Å². The molecule has 5 nitrogen and oxygen atoms in total. The van der Waals surface area contributed by atoms with E-state index in [-0.39, 0.29) is 6.07 Å². The van der Waals surface area contributed by atoms with E-state index in [4.69, 9.17) is 4.74 Å². The molecule has 0 fully saturated rings. The fourth-order valence-corrected chi connectivity index (χ4v) is 2.16. The Bertz CT molecular complexity index is 690. The topological polar surface area (TPSA) is 64.6 Å². The summed E-state index contributed by atoms with van der Waals surface area (Å²) in [5.74, 6) is -1.06. The van der Waals surface area contributed by atoms with Gasteiger partial charge in [-0.15, -0.1) is 0 Å². The number of hydrogen-bond acceptors (Lipinski definition) is 4. The van der Waals surface area contributed by atoms with Crippen molar-refractivity contribution in [2.45, 2.75) is 51.2 Å². The Morgan fingerprint density at radius 2 is 1.43 bits per heavy atom. The van der Waals surface area contributed by atoms with Crippen molar-refractivity contribution in [1.82, 2.24) is 5.32 Å². The van der Waals surface area contributed by atoms with Gasteiger partial charge in [0.25, 0.3) is 0 Å². The summed E-state index contributed by atoms with van der Waals surface area (Å²) < 4.78 is 87.1. The molecular formula is C17H19F6NO4. The van der Waals surface area contributed by atoms with Crippen LogP contribution in [0.4, 0.5) is 31.1 Å². The molecule has 0 spiro atoms. The minimum atomic E-state index is -5.03. The SMILES string of the molecule is COC(=O)[C@@H](Cc1cc(C(F)(F)F)cc(C(F)(F)F)c1)NC(=O)OC(C)(C)C. The highest BCUT2D eigenvalue weighted by Gasteiger charge is 2.37. The molecule has 1 N–H and O–H groups in total. The van der Waals surface area contributed by atoms with Gasteiger partial charge in [-0.05, 0) is 44.5 Å². The number of carbonyl (C=O) groups excluding carboxylic acids is 2. The van der Waals surface area contributed by atoms with E-state index in [1.807, 2.05) is 0 Å². The van der Waals surface area contributed by atoms with Gasteiger partial charge in [-0.2, -0.15) is 26.3 Å². The molecule has 0 aliphatic carbocycles. The summed E-state index contributed by atoms with van der Waals surface area (Å²) in [6.45, 7) is 4.59. The summed E-state index contributed by atoms with van der Waals surface area (Å²) in [5, 5.41) is 2.09. The van der Waals surface area contributed by atoms with Crippen LogP contribution in [-0.2, 0) is 33.0 Å². The average Bonchev–Trinajstić information content (AvgIpc) is 2.49. The van der Waals surface area contributed by atoms with Gasteiger partial charge in [0.15, 0.2) is 0 Å². The molecule has 1 amide bonds. The van der Waals surface area contributed by atoms with Gasteiger partial charge in [0.1, 0.15) is 11.6 Å². The highest BCUT2D eigenvalue weighted by atomic mass is 19.4. The Morgan fingerprint density at radius 1 is 0.964 bits per heavy atom. The maximum atomic E-state index is 12.9. The minimum Gasteiger partial charge on any atom is -0.467 e. The number of hydrogen-bond donors (Lipinski definition) is 1. The summed E-state index contributed by atoms with van der Waals surface area (Å²) in [4.78, 5) is 23.7. The molecule has 1 aromatic rings. The number of esters is 1. The third-order valence-electron chi connectivity index (χ3n) is 3.26. The zero-order valence-corrected chi connectivity index (χ0v) is 15.4. The first kappa shape index (κ1) is 23.6. The predicted octanol–water partition coefficient (Wildman–Crippen LogP) is 4.33. The molecule has 0 aliphatic rings. The second-order valence-corrected chi connectivity index (χ2v) is 6.84. The van der Waals surface area contributed by atoms with Gasteiger partial charge in [-0.1, -0.05) is 0 Å². The van der Waals surface area contributed by atoms with Crippen LogP contribution in [0.3, 0.4) is 0 Å². The minimum absolute atomic E-state index is 0.0298. The van der Waals surface area contributed by atoms with Crippen molar-refractivity contribution in [3.05, 3.63) is 34.9 Å². The van der Waals surface area contributed by atoms with E-state index in [9.17, 15) is 35.9 Å². The molecule has 28 heavy (non-hydrogen) atoms. The van der Waals surface area contributed by atoms with Crippen LogP contribution in [-0.4, -0.2) is 30.8 Å². The quantitative estimate of drug-likeness (QED) is 0.587. The summed E-state index contributed by atoms with van der Waals surface area (Å²) in [6, 6.07) is -0.633. The molecule has 0 radical (unpaired) electrons. The average molecular weight is 415 g/mol. The lowest BCUT2D eigenvalue weighted by molar-refractivity contribution is -0.143. The van der Waals surface area contributed by atoms with E-state index in [0.29, 0.717) is 12.1 Å². The van der Waals surface area contributed by atoms with E-state index >= 15 is 0 Å². The second kappa shape index (κ2) is 8.27. The number of alkyl halides is 6. The molecule has 1 aromatic carbocycles. The molecule has 0 aliphatic heterocycles. The number of rotatable bonds is 4. The van der Waals surface area contributed by atoms with E-state index in [2.05, 4.69) is 10.1 Å². The maximum Gasteiger partial charge on any atom is 0.416 e. The Labute approximate surface area is 157 Å². The summed E-state index contributed by atoms with van der Waals surface area (Å²) >= 11 is 0. The number of benzene rings is 1. The number of amides is 1. The van der Waals surface area contributed by atoms with Gasteiger partial charge in [0.05, 0.1) is 18.2 Å². The molecule has 0 bridgehead atoms. The van der Waals surface area contributed by atoms with Crippen LogP contribution in [0.2, 0.25) is 0 Å². The summed E-state index contributed by atoms with van der Waals surface area (Å²) in [5.41, 5.74) is -4.46. The molecule has 0 saturated heterocycles. The normalized spacial score (nSPS) is 13.6. The van der Waals surface area contributed by atoms with Crippen LogP contribution in [0.25, 0.3) is 0 Å². The predicted molar refractivity (Wildman–Crippen MR) is 85.3 cm³/mol. The van der Waals surface area contributed by atoms with Crippen LogP contribution in [0.1, 0.15) is 37.5 Å². The van der Waals surface area contributed by atoms with E-state index < -0.39 is 59.2 Å². The monoisotopic (exact) mass is 415 g/mol. The van der Waals surface area contributed by atoms with Crippen LogP contribution >= 0.6 is 0 Å². The first-order chi connectivity index (χ1) is 12.5. The van der Waals surface area contributed by atoms with Gasteiger partial charge >= 0.3 is 24.4 Å². The third kappa shape index (κ3) is 7.28. The van der Waals surface area contributed by atoms with Gasteiger partial charge < -0.3 is 14.8 Å². The van der Waals surface area contributed by atoms with Crippen molar-refractivity contribution in [3.8, 4) is 0 Å². The van der Waals surface area contributed by atoms with Gasteiger partial charge in [-0.25, -0.2) is 9.59 Å². The van der Waals surface area contributed by atoms with Crippen molar-refractivity contribution >= 4 is 12.1 Å². The molecule has 0 aromatic heterocycles. The molecule has 1 atom stereocenters. The highest BCUT2D eigenvalue weighted by Crippen LogP contribution is 2.36. The summed E-state index contributed by atoms with van der Waals surface area (Å²) in [7, 11) is 0.958.